The first-order valence-corrected chi connectivity index (χ1v) is 13.7. The Balaban J connectivity index is 1.41. The summed E-state index contributed by atoms with van der Waals surface area (Å²) in [6.07, 6.45) is 6.27. The highest BCUT2D eigenvalue weighted by Gasteiger charge is 2.60. The summed E-state index contributed by atoms with van der Waals surface area (Å²) >= 11 is 5.92. The number of hydrogen-bond acceptors (Lipinski definition) is 7. The number of halogens is 2. The van der Waals surface area contributed by atoms with Gasteiger partial charge in [-0.05, 0) is 58.8 Å². The number of carbonyl (C=O) groups excluding carboxylic acids is 1. The van der Waals surface area contributed by atoms with Crippen molar-refractivity contribution in [3.63, 3.8) is 0 Å². The summed E-state index contributed by atoms with van der Waals surface area (Å²) in [5, 5.41) is 0.513. The molecule has 3 fully saturated rings. The lowest BCUT2D eigenvalue weighted by molar-refractivity contribution is -0.0147. The zero-order chi connectivity index (χ0) is 24.7. The van der Waals surface area contributed by atoms with Gasteiger partial charge in [0.15, 0.2) is 0 Å². The summed E-state index contributed by atoms with van der Waals surface area (Å²) in [6, 6.07) is -3.03. The van der Waals surface area contributed by atoms with E-state index in [1.165, 1.54) is 4.90 Å². The molecule has 2 saturated carbocycles. The Labute approximate surface area is 204 Å². The van der Waals surface area contributed by atoms with Crippen LogP contribution in [0, 0.1) is 5.92 Å². The SMILES string of the molecule is CC(C)OC(=O)N1[C@H](C)C[C@H](NS(=O)(=O)CF)[C@@H]1COC1CCC2(c3ncc(Cl)cn3)CC2C1. The van der Waals surface area contributed by atoms with Crippen LogP contribution >= 0.6 is 11.6 Å². The number of nitrogens with one attached hydrogen (secondary N) is 1. The Morgan fingerprint density at radius 2 is 2.06 bits per heavy atom. The zero-order valence-corrected chi connectivity index (χ0v) is 21.2. The van der Waals surface area contributed by atoms with Gasteiger partial charge in [0.2, 0.25) is 16.0 Å². The lowest BCUT2D eigenvalue weighted by atomic mass is 9.86. The highest BCUT2D eigenvalue weighted by molar-refractivity contribution is 7.89. The van der Waals surface area contributed by atoms with E-state index in [2.05, 4.69) is 14.7 Å². The van der Waals surface area contributed by atoms with Crippen LogP contribution in [0.25, 0.3) is 0 Å². The summed E-state index contributed by atoms with van der Waals surface area (Å²) in [5.74, 6) is 1.24. The van der Waals surface area contributed by atoms with E-state index in [1.807, 2.05) is 6.92 Å². The topological polar surface area (TPSA) is 111 Å². The van der Waals surface area contributed by atoms with Gasteiger partial charge in [0.05, 0.1) is 29.9 Å². The lowest BCUT2D eigenvalue weighted by Crippen LogP contribution is -2.51. The van der Waals surface area contributed by atoms with Crippen molar-refractivity contribution in [3.05, 3.63) is 23.2 Å². The first-order valence-electron chi connectivity index (χ1n) is 11.7. The molecule has 1 aliphatic heterocycles. The maximum Gasteiger partial charge on any atom is 0.410 e. The standard InChI is InChI=1S/C22H32ClFN4O5S/c1-13(2)33-21(29)28-14(3)6-18(27-34(30,31)12-24)19(28)11-32-17-4-5-22(8-15(22)7-17)20-25-9-16(23)10-26-20/h9-10,13-15,17-19,27H,4-8,11-12H2,1-3H3/t14-,15?,17?,18+,19+,22?/m1/s1. The van der Waals surface area contributed by atoms with E-state index in [0.717, 1.165) is 31.5 Å². The highest BCUT2D eigenvalue weighted by Crippen LogP contribution is 2.61. The van der Waals surface area contributed by atoms with E-state index >= 15 is 0 Å². The maximum absolute atomic E-state index is 13.0. The first-order chi connectivity index (χ1) is 16.0. The predicted octanol–water partition coefficient (Wildman–Crippen LogP) is 3.18. The normalized spacial score (nSPS) is 33.1. The van der Waals surface area contributed by atoms with Crippen molar-refractivity contribution in [2.75, 3.05) is 12.6 Å². The Hall–Kier alpha value is -1.56. The molecule has 0 radical (unpaired) electrons. The highest BCUT2D eigenvalue weighted by atomic mass is 35.5. The van der Waals surface area contributed by atoms with Gasteiger partial charge < -0.3 is 9.47 Å². The van der Waals surface area contributed by atoms with E-state index in [1.54, 1.807) is 26.2 Å². The number of ether oxygens (including phenoxy) is 2. The largest absolute Gasteiger partial charge is 0.447 e. The van der Waals surface area contributed by atoms with E-state index in [4.69, 9.17) is 21.1 Å². The minimum absolute atomic E-state index is 0.0152. The van der Waals surface area contributed by atoms with Gasteiger partial charge in [-0.3, -0.25) is 4.90 Å². The molecule has 1 amide bonds. The van der Waals surface area contributed by atoms with Crippen LogP contribution in [0.4, 0.5) is 9.18 Å². The van der Waals surface area contributed by atoms with Crippen molar-refractivity contribution in [2.45, 2.75) is 88.6 Å². The van der Waals surface area contributed by atoms with Crippen LogP contribution in [0.5, 0.6) is 0 Å². The van der Waals surface area contributed by atoms with Crippen molar-refractivity contribution >= 4 is 27.7 Å². The molecule has 1 aromatic heterocycles. The molecule has 1 N–H and O–H groups in total. The molecule has 9 nitrogen and oxygen atoms in total. The predicted molar refractivity (Wildman–Crippen MR) is 124 cm³/mol. The fourth-order valence-corrected chi connectivity index (χ4v) is 6.39. The minimum Gasteiger partial charge on any atom is -0.447 e. The second-order valence-electron chi connectivity index (χ2n) is 9.95. The number of aromatic nitrogens is 2. The number of fused-ring (bicyclic) bond motifs is 1. The van der Waals surface area contributed by atoms with Gasteiger partial charge in [-0.15, -0.1) is 0 Å². The molecule has 0 bridgehead atoms. The molecule has 12 heteroatoms. The molecule has 0 spiro atoms. The van der Waals surface area contributed by atoms with Gasteiger partial charge in [-0.1, -0.05) is 11.6 Å². The summed E-state index contributed by atoms with van der Waals surface area (Å²) < 4.78 is 50.9. The molecule has 6 atom stereocenters. The molecule has 1 aromatic rings. The fraction of sp³-hybridized carbons (Fsp3) is 0.773. The van der Waals surface area contributed by atoms with E-state index in [0.29, 0.717) is 17.4 Å². The van der Waals surface area contributed by atoms with Crippen molar-refractivity contribution < 1.29 is 27.1 Å². The van der Waals surface area contributed by atoms with Crippen LogP contribution in [-0.4, -0.2) is 72.3 Å². The Morgan fingerprint density at radius 3 is 2.68 bits per heavy atom. The molecule has 2 aliphatic carbocycles. The zero-order valence-electron chi connectivity index (χ0n) is 19.6. The number of amides is 1. The van der Waals surface area contributed by atoms with Crippen molar-refractivity contribution in [1.82, 2.24) is 19.6 Å². The molecule has 4 rings (SSSR count). The Morgan fingerprint density at radius 1 is 1.35 bits per heavy atom. The number of hydrogen-bond donors (Lipinski definition) is 1. The number of alkyl halides is 1. The minimum atomic E-state index is -4.09. The fourth-order valence-electron chi connectivity index (χ4n) is 5.51. The van der Waals surface area contributed by atoms with Crippen molar-refractivity contribution in [1.29, 1.82) is 0 Å². The lowest BCUT2D eigenvalue weighted by Gasteiger charge is -2.33. The molecule has 34 heavy (non-hydrogen) atoms. The summed E-state index contributed by atoms with van der Waals surface area (Å²) in [5.41, 5.74) is -0.0152. The monoisotopic (exact) mass is 518 g/mol. The summed E-state index contributed by atoms with van der Waals surface area (Å²) in [4.78, 5) is 23.1. The van der Waals surface area contributed by atoms with E-state index in [9.17, 15) is 17.6 Å². The molecular formula is C22H32ClFN4O5S. The average Bonchev–Trinajstić information content (AvgIpc) is 3.42. The third kappa shape index (κ3) is 5.32. The Kier molecular flexibility index (Phi) is 7.38. The molecular weight excluding hydrogens is 487 g/mol. The van der Waals surface area contributed by atoms with Crippen LogP contribution in [0.3, 0.4) is 0 Å². The smallest absolute Gasteiger partial charge is 0.410 e. The third-order valence-corrected chi connectivity index (χ3v) is 8.32. The van der Waals surface area contributed by atoms with E-state index < -0.39 is 34.2 Å². The van der Waals surface area contributed by atoms with Gasteiger partial charge in [-0.25, -0.2) is 32.3 Å². The molecule has 2 heterocycles. The number of likely N-dealkylation sites (tertiary alicyclic amines) is 1. The second-order valence-corrected chi connectivity index (χ2v) is 12.1. The van der Waals surface area contributed by atoms with Gasteiger partial charge >= 0.3 is 6.09 Å². The van der Waals surface area contributed by atoms with Crippen LogP contribution in [0.1, 0.15) is 58.7 Å². The van der Waals surface area contributed by atoms with E-state index in [-0.39, 0.29) is 30.3 Å². The molecule has 1 saturated heterocycles. The molecule has 3 unspecified atom stereocenters. The molecule has 0 aromatic carbocycles. The third-order valence-electron chi connectivity index (χ3n) is 7.17. The summed E-state index contributed by atoms with van der Waals surface area (Å²) in [7, 11) is -4.09. The number of sulfonamides is 1. The number of nitrogens with zero attached hydrogens (tertiary/aromatic N) is 3. The van der Waals surface area contributed by atoms with Crippen molar-refractivity contribution in [3.8, 4) is 0 Å². The Bertz CT molecular complexity index is 998. The molecule has 3 aliphatic rings. The first kappa shape index (κ1) is 25.5. The quantitative estimate of drug-likeness (QED) is 0.562. The maximum atomic E-state index is 13.0. The van der Waals surface area contributed by atoms with Gasteiger partial charge in [-0.2, -0.15) is 0 Å². The summed E-state index contributed by atoms with van der Waals surface area (Å²) in [6.45, 7) is 5.46. The molecule has 190 valence electrons. The van der Waals surface area contributed by atoms with Crippen LogP contribution in [-0.2, 0) is 24.9 Å². The van der Waals surface area contributed by atoms with Crippen LogP contribution in [0.15, 0.2) is 12.4 Å². The van der Waals surface area contributed by atoms with Gasteiger partial charge in [0, 0.05) is 29.9 Å². The number of carbonyl (C=O) groups is 1. The average molecular weight is 519 g/mol. The van der Waals surface area contributed by atoms with Crippen molar-refractivity contribution in [2.24, 2.45) is 5.92 Å². The second kappa shape index (κ2) is 9.83. The van der Waals surface area contributed by atoms with Gasteiger partial charge in [0.25, 0.3) is 0 Å². The number of rotatable bonds is 8. The van der Waals surface area contributed by atoms with Gasteiger partial charge in [0.1, 0.15) is 5.82 Å². The van der Waals surface area contributed by atoms with Crippen LogP contribution in [0.2, 0.25) is 5.02 Å². The van der Waals surface area contributed by atoms with Crippen LogP contribution < -0.4 is 4.72 Å².